The second-order valence-electron chi connectivity index (χ2n) is 15.7. The Hall–Kier alpha value is -6.74. The number of hydrogen-bond donors (Lipinski definition) is 0. The van der Waals surface area contributed by atoms with Crippen LogP contribution >= 0.6 is 11.3 Å². The Labute approximate surface area is 337 Å². The van der Waals surface area contributed by atoms with Crippen molar-refractivity contribution in [2.75, 3.05) is 4.90 Å². The normalized spacial score (nSPS) is 12.9. The summed E-state index contributed by atoms with van der Waals surface area (Å²) in [7, 11) is 0. The summed E-state index contributed by atoms with van der Waals surface area (Å²) in [6.45, 7) is 4.72. The maximum atomic E-state index is 2.44. The van der Waals surface area contributed by atoms with Crippen LogP contribution in [-0.4, -0.2) is 0 Å². The van der Waals surface area contributed by atoms with E-state index in [1.54, 1.807) is 0 Å². The topological polar surface area (TPSA) is 3.24 Å². The van der Waals surface area contributed by atoms with Gasteiger partial charge >= 0.3 is 0 Å². The van der Waals surface area contributed by atoms with Crippen molar-refractivity contribution in [2.24, 2.45) is 0 Å². The highest BCUT2D eigenvalue weighted by Crippen LogP contribution is 2.52. The van der Waals surface area contributed by atoms with E-state index in [9.17, 15) is 0 Å². The SMILES string of the molecule is CC1(C)c2ccccc2-c2ccc(N(c3ccc(-c4ccccc4)cc3)c3cccc(-c4ccc5sc6ccccc6c5c4-c4cccc5ccccc45)c3)cc21. The summed E-state index contributed by atoms with van der Waals surface area (Å²) in [4.78, 5) is 2.44. The summed E-state index contributed by atoms with van der Waals surface area (Å²) < 4.78 is 2.62. The van der Waals surface area contributed by atoms with Gasteiger partial charge in [0.05, 0.1) is 0 Å². The van der Waals surface area contributed by atoms with Gasteiger partial charge in [-0.3, -0.25) is 0 Å². The second-order valence-corrected chi connectivity index (χ2v) is 16.8. The molecule has 11 rings (SSSR count). The summed E-state index contributed by atoms with van der Waals surface area (Å²) in [5.41, 5.74) is 16.1. The Bertz CT molecular complexity index is 3150. The van der Waals surface area contributed by atoms with E-state index in [2.05, 4.69) is 219 Å². The molecule has 0 amide bonds. The molecule has 0 saturated heterocycles. The molecule has 270 valence electrons. The van der Waals surface area contributed by atoms with Gasteiger partial charge in [-0.25, -0.2) is 0 Å². The van der Waals surface area contributed by atoms with Crippen molar-refractivity contribution < 1.29 is 0 Å². The molecule has 0 atom stereocenters. The van der Waals surface area contributed by atoms with Gasteiger partial charge in [0.25, 0.3) is 0 Å². The summed E-state index contributed by atoms with van der Waals surface area (Å²) >= 11 is 1.88. The molecule has 0 radical (unpaired) electrons. The minimum Gasteiger partial charge on any atom is -0.310 e. The van der Waals surface area contributed by atoms with Gasteiger partial charge in [-0.05, 0) is 115 Å². The fourth-order valence-electron chi connectivity index (χ4n) is 9.31. The number of rotatable bonds is 6. The zero-order valence-corrected chi connectivity index (χ0v) is 32.7. The molecule has 10 aromatic rings. The first kappa shape index (κ1) is 33.6. The van der Waals surface area contributed by atoms with E-state index in [4.69, 9.17) is 0 Å². The summed E-state index contributed by atoms with van der Waals surface area (Å²) in [6, 6.07) is 73.9. The Morgan fingerprint density at radius 3 is 1.88 bits per heavy atom. The van der Waals surface area contributed by atoms with Crippen LogP contribution in [0.3, 0.4) is 0 Å². The van der Waals surface area contributed by atoms with Crippen molar-refractivity contribution in [3.05, 3.63) is 211 Å². The number of hydrogen-bond acceptors (Lipinski definition) is 2. The molecular formula is C55H39NS. The maximum absolute atomic E-state index is 2.44. The fraction of sp³-hybridized carbons (Fsp3) is 0.0545. The van der Waals surface area contributed by atoms with E-state index in [0.717, 1.165) is 17.1 Å². The predicted molar refractivity (Wildman–Crippen MR) is 245 cm³/mol. The zero-order chi connectivity index (χ0) is 38.1. The molecule has 1 aliphatic rings. The lowest BCUT2D eigenvalue weighted by Gasteiger charge is -2.29. The van der Waals surface area contributed by atoms with Crippen LogP contribution < -0.4 is 4.90 Å². The third-order valence-corrected chi connectivity index (χ3v) is 13.2. The molecule has 57 heavy (non-hydrogen) atoms. The van der Waals surface area contributed by atoms with Crippen molar-refractivity contribution in [2.45, 2.75) is 19.3 Å². The predicted octanol–water partition coefficient (Wildman–Crippen LogP) is 16.0. The summed E-state index contributed by atoms with van der Waals surface area (Å²) in [5, 5.41) is 5.14. The molecule has 0 saturated carbocycles. The lowest BCUT2D eigenvalue weighted by Crippen LogP contribution is -2.16. The van der Waals surface area contributed by atoms with Gasteiger partial charge in [0, 0.05) is 42.6 Å². The van der Waals surface area contributed by atoms with Gasteiger partial charge in [-0.1, -0.05) is 166 Å². The molecule has 9 aromatic carbocycles. The van der Waals surface area contributed by atoms with Crippen molar-refractivity contribution in [1.29, 1.82) is 0 Å². The maximum Gasteiger partial charge on any atom is 0.0467 e. The smallest absolute Gasteiger partial charge is 0.0467 e. The van der Waals surface area contributed by atoms with E-state index in [1.807, 2.05) is 11.3 Å². The standard InChI is InChI=1S/C55H39NS/c1-55(2)49-24-10-8-21-45(49)46-31-30-42(35-50(46)55)56(40-28-26-37(27-29-40)36-14-4-3-5-15-36)41-19-12-18-39(34-41)44-32-33-52-54(48-22-9-11-25-51(48)57-52)53(44)47-23-13-17-38-16-6-7-20-43(38)47/h3-35H,1-2H3. The zero-order valence-electron chi connectivity index (χ0n) is 31.9. The second kappa shape index (κ2) is 13.2. The Balaban J connectivity index is 1.13. The highest BCUT2D eigenvalue weighted by atomic mass is 32.1. The summed E-state index contributed by atoms with van der Waals surface area (Å²) in [5.74, 6) is 0. The molecule has 1 heterocycles. The summed E-state index contributed by atoms with van der Waals surface area (Å²) in [6.07, 6.45) is 0. The molecule has 0 fully saturated rings. The van der Waals surface area contributed by atoms with Gasteiger partial charge < -0.3 is 4.90 Å². The average Bonchev–Trinajstić information content (AvgIpc) is 3.76. The Morgan fingerprint density at radius 2 is 1.00 bits per heavy atom. The van der Waals surface area contributed by atoms with Crippen molar-refractivity contribution >= 4 is 59.3 Å². The van der Waals surface area contributed by atoms with Gasteiger partial charge in [0.2, 0.25) is 0 Å². The lowest BCUT2D eigenvalue weighted by atomic mass is 9.82. The van der Waals surface area contributed by atoms with Crippen LogP contribution in [0, 0.1) is 0 Å². The molecule has 1 aromatic heterocycles. The highest BCUT2D eigenvalue weighted by Gasteiger charge is 2.35. The third kappa shape index (κ3) is 5.44. The fourth-order valence-corrected chi connectivity index (χ4v) is 10.4. The largest absolute Gasteiger partial charge is 0.310 e. The molecule has 1 aliphatic carbocycles. The van der Waals surface area contributed by atoms with Gasteiger partial charge in [-0.15, -0.1) is 11.3 Å². The monoisotopic (exact) mass is 745 g/mol. The number of thiophene rings is 1. The van der Waals surface area contributed by atoms with E-state index in [1.165, 1.54) is 86.6 Å². The third-order valence-electron chi connectivity index (χ3n) is 12.1. The molecule has 0 unspecified atom stereocenters. The van der Waals surface area contributed by atoms with Crippen molar-refractivity contribution in [1.82, 2.24) is 0 Å². The van der Waals surface area contributed by atoms with Crippen molar-refractivity contribution in [3.8, 4) is 44.5 Å². The van der Waals surface area contributed by atoms with Gasteiger partial charge in [0.15, 0.2) is 0 Å². The minimum absolute atomic E-state index is 0.112. The quantitative estimate of drug-likeness (QED) is 0.164. The number of fused-ring (bicyclic) bond motifs is 7. The van der Waals surface area contributed by atoms with E-state index >= 15 is 0 Å². The molecule has 0 aliphatic heterocycles. The van der Waals surface area contributed by atoms with Gasteiger partial charge in [-0.2, -0.15) is 0 Å². The van der Waals surface area contributed by atoms with Crippen LogP contribution in [0.4, 0.5) is 17.1 Å². The van der Waals surface area contributed by atoms with Crippen molar-refractivity contribution in [3.63, 3.8) is 0 Å². The number of benzene rings is 9. The molecule has 0 N–H and O–H groups in total. The van der Waals surface area contributed by atoms with Crippen LogP contribution in [0.1, 0.15) is 25.0 Å². The molecule has 2 heteroatoms. The molecule has 0 spiro atoms. The Morgan fingerprint density at radius 1 is 0.386 bits per heavy atom. The van der Waals surface area contributed by atoms with Crippen LogP contribution in [-0.2, 0) is 5.41 Å². The first-order chi connectivity index (χ1) is 28.0. The Kier molecular flexibility index (Phi) is 7.77. The molecule has 0 bridgehead atoms. The van der Waals surface area contributed by atoms with Crippen LogP contribution in [0.25, 0.3) is 75.5 Å². The van der Waals surface area contributed by atoms with Crippen LogP contribution in [0.2, 0.25) is 0 Å². The van der Waals surface area contributed by atoms with E-state index in [-0.39, 0.29) is 5.41 Å². The van der Waals surface area contributed by atoms with Crippen LogP contribution in [0.15, 0.2) is 200 Å². The number of nitrogens with zero attached hydrogens (tertiary/aromatic N) is 1. The highest BCUT2D eigenvalue weighted by molar-refractivity contribution is 7.26. The van der Waals surface area contributed by atoms with Gasteiger partial charge in [0.1, 0.15) is 0 Å². The first-order valence-electron chi connectivity index (χ1n) is 19.8. The minimum atomic E-state index is -0.112. The average molecular weight is 746 g/mol. The molecule has 1 nitrogen and oxygen atoms in total. The van der Waals surface area contributed by atoms with E-state index < -0.39 is 0 Å². The number of anilines is 3. The first-order valence-corrected chi connectivity index (χ1v) is 20.6. The van der Waals surface area contributed by atoms with Crippen LogP contribution in [0.5, 0.6) is 0 Å². The lowest BCUT2D eigenvalue weighted by molar-refractivity contribution is 0.660. The molecular weight excluding hydrogens is 707 g/mol. The van der Waals surface area contributed by atoms with E-state index in [0.29, 0.717) is 0 Å².